The van der Waals surface area contributed by atoms with Crippen LogP contribution in [0, 0.1) is 23.6 Å². The number of carbonyl (C=O) groups excluding carboxylic acids is 5. The van der Waals surface area contributed by atoms with Gasteiger partial charge in [0, 0.05) is 18.5 Å². The number of ether oxygens (including phenoxy) is 2. The molecule has 2 saturated heterocycles. The Morgan fingerprint density at radius 3 is 2.47 bits per heavy atom. The number of hydrogen-bond acceptors (Lipinski definition) is 9. The lowest BCUT2D eigenvalue weighted by atomic mass is 10.0. The fourth-order valence-corrected chi connectivity index (χ4v) is 9.70. The molecule has 0 unspecified atom stereocenters. The Balaban J connectivity index is 1.14. The molecule has 3 heterocycles. The maximum absolute atomic E-state index is 14.4. The van der Waals surface area contributed by atoms with Crippen molar-refractivity contribution in [3.05, 3.63) is 35.1 Å². The second-order valence-electron chi connectivity index (χ2n) is 17.1. The van der Waals surface area contributed by atoms with Gasteiger partial charge in [-0.1, -0.05) is 37.8 Å². The van der Waals surface area contributed by atoms with E-state index < -0.39 is 79.8 Å². The Morgan fingerprint density at radius 2 is 1.77 bits per heavy atom. The zero-order valence-electron chi connectivity index (χ0n) is 30.7. The standard InChI is InChI=1S/C37H50FN5O9S/c1-35(2,3)52-33(47)39-28-12-7-5-6-9-21-15-24(21)26-17-37(26,32(46)41-53(49,50)36(4)13-14-36)40-30(44)29-16-23(19-43(29)31(28)45)51-34(48)42-18-22-10-8-11-27(38)25(22)20-42/h8,10-11,21,23-24,26,28-29H,5-7,9,12-20H2,1-4H3,(H,39,47)(H,40,44)(H,41,46)/t21-,23+,24+,26-,28-,29-,37+/m0/s1. The second kappa shape index (κ2) is 13.4. The second-order valence-corrected chi connectivity index (χ2v) is 19.3. The van der Waals surface area contributed by atoms with Crippen LogP contribution in [0.4, 0.5) is 14.0 Å². The number of hydrogen-bond donors (Lipinski definition) is 3. The summed E-state index contributed by atoms with van der Waals surface area (Å²) >= 11 is 0. The van der Waals surface area contributed by atoms with Crippen LogP contribution in [0.3, 0.4) is 0 Å². The van der Waals surface area contributed by atoms with Crippen molar-refractivity contribution in [2.24, 2.45) is 17.8 Å². The van der Waals surface area contributed by atoms with Crippen molar-refractivity contribution in [3.63, 3.8) is 0 Å². The lowest BCUT2D eigenvalue weighted by Gasteiger charge is -2.30. The molecule has 3 aliphatic heterocycles. The molecule has 0 aromatic heterocycles. The highest BCUT2D eigenvalue weighted by atomic mass is 32.2. The van der Waals surface area contributed by atoms with Crippen LogP contribution in [0.5, 0.6) is 0 Å². The van der Waals surface area contributed by atoms with E-state index >= 15 is 0 Å². The third-order valence-electron chi connectivity index (χ3n) is 11.9. The molecule has 7 rings (SSSR count). The molecule has 1 aromatic rings. The van der Waals surface area contributed by atoms with Gasteiger partial charge in [-0.05, 0) is 89.2 Å². The van der Waals surface area contributed by atoms with Gasteiger partial charge in [0.2, 0.25) is 21.8 Å². The average molecular weight is 760 g/mol. The highest BCUT2D eigenvalue weighted by Gasteiger charge is 2.69. The molecule has 3 saturated carbocycles. The van der Waals surface area contributed by atoms with Gasteiger partial charge in [-0.15, -0.1) is 0 Å². The maximum atomic E-state index is 14.4. The third-order valence-corrected chi connectivity index (χ3v) is 14.1. The van der Waals surface area contributed by atoms with Gasteiger partial charge in [-0.25, -0.2) is 22.4 Å². The van der Waals surface area contributed by atoms with E-state index in [1.165, 1.54) is 15.9 Å². The van der Waals surface area contributed by atoms with Gasteiger partial charge in [0.15, 0.2) is 0 Å². The van der Waals surface area contributed by atoms with Crippen LogP contribution >= 0.6 is 0 Å². The smallest absolute Gasteiger partial charge is 0.410 e. The first kappa shape index (κ1) is 37.4. The summed E-state index contributed by atoms with van der Waals surface area (Å²) < 4.78 is 53.3. The summed E-state index contributed by atoms with van der Waals surface area (Å²) in [5, 5.41) is 5.60. The average Bonchev–Trinajstić information content (AvgIpc) is 4.02. The lowest BCUT2D eigenvalue weighted by molar-refractivity contribution is -0.141. The SMILES string of the molecule is CC(C)(C)OC(=O)N[C@H]1CCCCC[C@H]2C[C@H]2[C@@H]2C[C@@]2(C(=O)NS(=O)(=O)C2(C)CC2)NC(=O)[C@@H]2C[C@@H](OC(=O)N3Cc4cccc(F)c4C3)CN2C1=O. The Morgan fingerprint density at radius 1 is 1.04 bits per heavy atom. The third kappa shape index (κ3) is 7.57. The van der Waals surface area contributed by atoms with E-state index in [1.54, 1.807) is 39.8 Å². The molecule has 6 aliphatic rings. The molecule has 7 atom stereocenters. The molecule has 16 heteroatoms. The van der Waals surface area contributed by atoms with Gasteiger partial charge in [-0.2, -0.15) is 0 Å². The molecule has 0 bridgehead atoms. The fraction of sp³-hybridized carbons (Fsp3) is 0.703. The number of alkyl carbamates (subject to hydrolysis) is 1. The van der Waals surface area contributed by atoms with Crippen molar-refractivity contribution in [1.82, 2.24) is 25.2 Å². The van der Waals surface area contributed by atoms with E-state index in [2.05, 4.69) is 15.4 Å². The zero-order valence-corrected chi connectivity index (χ0v) is 31.6. The topological polar surface area (TPSA) is 181 Å². The van der Waals surface area contributed by atoms with E-state index in [1.807, 2.05) is 0 Å². The van der Waals surface area contributed by atoms with E-state index in [0.717, 1.165) is 25.7 Å². The van der Waals surface area contributed by atoms with Crippen LogP contribution in [0.25, 0.3) is 0 Å². The normalized spacial score (nSPS) is 32.0. The summed E-state index contributed by atoms with van der Waals surface area (Å²) in [6.45, 7) is 6.66. The number of carbonyl (C=O) groups is 5. The molecule has 0 spiro atoms. The molecule has 3 aliphatic carbocycles. The van der Waals surface area contributed by atoms with Crippen LogP contribution in [-0.4, -0.2) is 88.7 Å². The minimum Gasteiger partial charge on any atom is -0.444 e. The largest absolute Gasteiger partial charge is 0.444 e. The van der Waals surface area contributed by atoms with Gasteiger partial charge in [0.1, 0.15) is 35.1 Å². The minimum atomic E-state index is -4.00. The number of halogens is 1. The maximum Gasteiger partial charge on any atom is 0.410 e. The molecule has 5 amide bonds. The van der Waals surface area contributed by atoms with Crippen molar-refractivity contribution in [2.45, 2.75) is 139 Å². The predicted molar refractivity (Wildman–Crippen MR) is 188 cm³/mol. The van der Waals surface area contributed by atoms with Gasteiger partial charge >= 0.3 is 12.2 Å². The highest BCUT2D eigenvalue weighted by Crippen LogP contribution is 2.61. The van der Waals surface area contributed by atoms with Crippen LogP contribution in [-0.2, 0) is 47.0 Å². The minimum absolute atomic E-state index is 0.00510. The molecule has 14 nitrogen and oxygen atoms in total. The van der Waals surface area contributed by atoms with Crippen molar-refractivity contribution in [3.8, 4) is 0 Å². The summed E-state index contributed by atoms with van der Waals surface area (Å²) in [6, 6.07) is 2.36. The van der Waals surface area contributed by atoms with Crippen molar-refractivity contribution in [1.29, 1.82) is 0 Å². The van der Waals surface area contributed by atoms with E-state index in [-0.39, 0.29) is 50.7 Å². The summed E-state index contributed by atoms with van der Waals surface area (Å²) in [5.41, 5.74) is -1.25. The number of nitrogens with zero attached hydrogens (tertiary/aromatic N) is 2. The molecular formula is C37H50FN5O9S. The molecular weight excluding hydrogens is 709 g/mol. The molecule has 53 heavy (non-hydrogen) atoms. The summed E-state index contributed by atoms with van der Waals surface area (Å²) in [6.07, 6.45) is 2.88. The summed E-state index contributed by atoms with van der Waals surface area (Å²) in [5.74, 6) is -2.23. The van der Waals surface area contributed by atoms with E-state index in [4.69, 9.17) is 9.47 Å². The summed E-state index contributed by atoms with van der Waals surface area (Å²) in [4.78, 5) is 71.6. The quantitative estimate of drug-likeness (QED) is 0.404. The number of rotatable bonds is 5. The number of sulfonamides is 1. The predicted octanol–water partition coefficient (Wildman–Crippen LogP) is 3.61. The Bertz CT molecular complexity index is 1810. The van der Waals surface area contributed by atoms with E-state index in [0.29, 0.717) is 36.3 Å². The Kier molecular flexibility index (Phi) is 9.46. The summed E-state index contributed by atoms with van der Waals surface area (Å²) in [7, 11) is -4.00. The molecule has 5 fully saturated rings. The number of fused-ring (bicyclic) bond motifs is 5. The molecule has 1 aromatic carbocycles. The van der Waals surface area contributed by atoms with Crippen molar-refractivity contribution < 1.29 is 46.3 Å². The van der Waals surface area contributed by atoms with Crippen LogP contribution in [0.2, 0.25) is 0 Å². The first-order chi connectivity index (χ1) is 24.9. The number of nitrogens with one attached hydrogen (secondary N) is 3. The van der Waals surface area contributed by atoms with Gasteiger partial charge < -0.3 is 25.0 Å². The first-order valence-corrected chi connectivity index (χ1v) is 20.3. The lowest BCUT2D eigenvalue weighted by Crippen LogP contribution is -2.59. The van der Waals surface area contributed by atoms with E-state index in [9.17, 15) is 36.8 Å². The van der Waals surface area contributed by atoms with Crippen molar-refractivity contribution >= 4 is 39.9 Å². The van der Waals surface area contributed by atoms with Crippen molar-refractivity contribution in [2.75, 3.05) is 6.54 Å². The monoisotopic (exact) mass is 759 g/mol. The number of benzene rings is 1. The zero-order chi connectivity index (χ0) is 38.1. The first-order valence-electron chi connectivity index (χ1n) is 18.8. The van der Waals surface area contributed by atoms with Gasteiger partial charge in [0.25, 0.3) is 5.91 Å². The number of amides is 5. The van der Waals surface area contributed by atoms with Gasteiger partial charge in [-0.3, -0.25) is 24.0 Å². The Labute approximate surface area is 309 Å². The van der Waals surface area contributed by atoms with Crippen LogP contribution in [0.1, 0.15) is 103 Å². The molecule has 290 valence electrons. The fourth-order valence-electron chi connectivity index (χ4n) is 8.39. The highest BCUT2D eigenvalue weighted by molar-refractivity contribution is 7.91. The molecule has 3 N–H and O–H groups in total. The van der Waals surface area contributed by atoms with Crippen LogP contribution < -0.4 is 15.4 Å². The van der Waals surface area contributed by atoms with Crippen LogP contribution in [0.15, 0.2) is 18.2 Å². The van der Waals surface area contributed by atoms with Gasteiger partial charge in [0.05, 0.1) is 17.8 Å². The Hall–Kier alpha value is -3.95. The molecule has 0 radical (unpaired) electrons.